The molecule has 21 heavy (non-hydrogen) atoms. The van der Waals surface area contributed by atoms with E-state index in [1.807, 2.05) is 0 Å². The highest BCUT2D eigenvalue weighted by Crippen LogP contribution is 2.29. The molecule has 0 unspecified atom stereocenters. The van der Waals surface area contributed by atoms with Crippen LogP contribution in [0.3, 0.4) is 0 Å². The van der Waals surface area contributed by atoms with E-state index in [1.54, 1.807) is 0 Å². The maximum atomic E-state index is 12.4. The maximum absolute atomic E-state index is 12.4. The van der Waals surface area contributed by atoms with Gasteiger partial charge >= 0.3 is 18.0 Å². The van der Waals surface area contributed by atoms with Crippen molar-refractivity contribution in [2.75, 3.05) is 11.9 Å². The Bertz CT molecular complexity index is 524. The van der Waals surface area contributed by atoms with Gasteiger partial charge < -0.3 is 15.7 Å². The second kappa shape index (κ2) is 6.13. The van der Waals surface area contributed by atoms with E-state index in [9.17, 15) is 22.8 Å². The molecular weight excluding hydrogens is 289 g/mol. The number of aliphatic hydroxyl groups excluding tert-OH is 1. The minimum absolute atomic E-state index is 0.0601. The van der Waals surface area contributed by atoms with E-state index in [0.29, 0.717) is 0 Å². The molecule has 116 valence electrons. The van der Waals surface area contributed by atoms with Crippen molar-refractivity contribution in [3.05, 3.63) is 29.8 Å². The Morgan fingerprint density at radius 1 is 1.10 bits per heavy atom. The Kier molecular flexibility index (Phi) is 4.95. The van der Waals surface area contributed by atoms with Crippen LogP contribution in [0.15, 0.2) is 24.3 Å². The number of hydrogen-bond acceptors (Lipinski definition) is 3. The van der Waals surface area contributed by atoms with Crippen molar-refractivity contribution in [1.29, 1.82) is 0 Å². The number of hydrogen-bond donors (Lipinski definition) is 3. The predicted molar refractivity (Wildman–Crippen MR) is 69.4 cm³/mol. The van der Waals surface area contributed by atoms with Gasteiger partial charge in [-0.25, -0.2) is 0 Å². The van der Waals surface area contributed by atoms with Crippen molar-refractivity contribution in [2.45, 2.75) is 25.6 Å². The number of nitrogens with one attached hydrogen (secondary N) is 2. The van der Waals surface area contributed by atoms with E-state index in [-0.39, 0.29) is 12.3 Å². The van der Waals surface area contributed by atoms with Gasteiger partial charge in [-0.1, -0.05) is 0 Å². The molecule has 0 aliphatic heterocycles. The summed E-state index contributed by atoms with van der Waals surface area (Å²) in [4.78, 5) is 23.1. The summed E-state index contributed by atoms with van der Waals surface area (Å²) in [5, 5.41) is 13.4. The molecule has 0 saturated heterocycles. The van der Waals surface area contributed by atoms with Gasteiger partial charge in [-0.3, -0.25) is 9.59 Å². The Morgan fingerprint density at radius 2 is 1.62 bits per heavy atom. The van der Waals surface area contributed by atoms with Gasteiger partial charge in [0.1, 0.15) is 0 Å². The third kappa shape index (κ3) is 5.07. The number of rotatable bonds is 3. The zero-order chi connectivity index (χ0) is 16.3. The van der Waals surface area contributed by atoms with Crippen LogP contribution in [-0.4, -0.2) is 29.1 Å². The molecule has 1 rings (SSSR count). The molecule has 0 aliphatic rings. The van der Waals surface area contributed by atoms with Crippen LogP contribution in [0.1, 0.15) is 19.4 Å². The van der Waals surface area contributed by atoms with E-state index in [0.717, 1.165) is 24.3 Å². The highest BCUT2D eigenvalue weighted by atomic mass is 19.4. The lowest BCUT2D eigenvalue weighted by Gasteiger charge is -2.22. The topological polar surface area (TPSA) is 78.4 Å². The minimum atomic E-state index is -4.47. The lowest BCUT2D eigenvalue weighted by molar-refractivity contribution is -0.137. The second-order valence-corrected chi connectivity index (χ2v) is 5.03. The van der Waals surface area contributed by atoms with E-state index >= 15 is 0 Å². The normalized spacial score (nSPS) is 11.9. The van der Waals surface area contributed by atoms with Crippen LogP contribution in [0.4, 0.5) is 18.9 Å². The monoisotopic (exact) mass is 304 g/mol. The minimum Gasteiger partial charge on any atom is -0.394 e. The molecule has 0 heterocycles. The van der Waals surface area contributed by atoms with Crippen LogP contribution in [0.2, 0.25) is 0 Å². The van der Waals surface area contributed by atoms with Crippen molar-refractivity contribution in [1.82, 2.24) is 5.32 Å². The molecule has 1 aromatic rings. The Labute approximate surface area is 119 Å². The summed E-state index contributed by atoms with van der Waals surface area (Å²) in [5.74, 6) is -2.02. The summed E-state index contributed by atoms with van der Waals surface area (Å²) in [6.07, 6.45) is -4.47. The highest BCUT2D eigenvalue weighted by Gasteiger charge is 2.30. The summed E-state index contributed by atoms with van der Waals surface area (Å²) in [6.45, 7) is 2.65. The summed E-state index contributed by atoms with van der Waals surface area (Å²) in [6, 6.07) is 3.69. The first-order chi connectivity index (χ1) is 9.55. The molecule has 5 nitrogen and oxygen atoms in total. The first-order valence-corrected chi connectivity index (χ1v) is 5.97. The molecule has 0 fully saturated rings. The van der Waals surface area contributed by atoms with Crippen molar-refractivity contribution < 1.29 is 27.9 Å². The quantitative estimate of drug-likeness (QED) is 0.741. The molecule has 0 spiro atoms. The van der Waals surface area contributed by atoms with Crippen LogP contribution >= 0.6 is 0 Å². The Balaban J connectivity index is 2.69. The van der Waals surface area contributed by atoms with E-state index in [2.05, 4.69) is 10.6 Å². The second-order valence-electron chi connectivity index (χ2n) is 5.03. The Morgan fingerprint density at radius 3 is 2.05 bits per heavy atom. The lowest BCUT2D eigenvalue weighted by Crippen LogP contribution is -2.50. The number of aliphatic hydroxyl groups is 1. The predicted octanol–water partition coefficient (Wildman–Crippen LogP) is 1.53. The number of benzene rings is 1. The first kappa shape index (κ1) is 17.0. The van der Waals surface area contributed by atoms with Gasteiger partial charge in [-0.2, -0.15) is 13.2 Å². The molecule has 0 aliphatic carbocycles. The number of anilines is 1. The number of carbonyl (C=O) groups is 2. The standard InChI is InChI=1S/C13H15F3N2O3/c1-12(2,7-19)18-11(21)10(20)17-9-5-3-8(4-6-9)13(14,15)16/h3-6,19H,7H2,1-2H3,(H,17,20)(H,18,21). The molecule has 0 aromatic heterocycles. The molecule has 0 atom stereocenters. The van der Waals surface area contributed by atoms with Crippen molar-refractivity contribution in [2.24, 2.45) is 0 Å². The fourth-order valence-corrected chi connectivity index (χ4v) is 1.33. The largest absolute Gasteiger partial charge is 0.416 e. The molecule has 1 aromatic carbocycles. The summed E-state index contributed by atoms with van der Waals surface area (Å²) in [7, 11) is 0. The number of halogens is 3. The van der Waals surface area contributed by atoms with Crippen molar-refractivity contribution >= 4 is 17.5 Å². The summed E-state index contributed by atoms with van der Waals surface area (Å²) < 4.78 is 37.1. The van der Waals surface area contributed by atoms with Crippen LogP contribution in [0.5, 0.6) is 0 Å². The van der Waals surface area contributed by atoms with Crippen LogP contribution in [0.25, 0.3) is 0 Å². The molecule has 3 N–H and O–H groups in total. The summed E-state index contributed by atoms with van der Waals surface area (Å²) >= 11 is 0. The fourth-order valence-electron chi connectivity index (χ4n) is 1.33. The van der Waals surface area contributed by atoms with Gasteiger partial charge in [0, 0.05) is 5.69 Å². The van der Waals surface area contributed by atoms with Crippen molar-refractivity contribution in [3.8, 4) is 0 Å². The zero-order valence-electron chi connectivity index (χ0n) is 11.4. The van der Waals surface area contributed by atoms with Gasteiger partial charge in [0.25, 0.3) is 0 Å². The molecule has 0 radical (unpaired) electrons. The SMILES string of the molecule is CC(C)(CO)NC(=O)C(=O)Nc1ccc(C(F)(F)F)cc1. The average molecular weight is 304 g/mol. The maximum Gasteiger partial charge on any atom is 0.416 e. The van der Waals surface area contributed by atoms with Gasteiger partial charge in [0.05, 0.1) is 17.7 Å². The third-order valence-electron chi connectivity index (χ3n) is 2.52. The number of carbonyl (C=O) groups excluding carboxylic acids is 2. The van der Waals surface area contributed by atoms with Gasteiger partial charge in [-0.15, -0.1) is 0 Å². The lowest BCUT2D eigenvalue weighted by atomic mass is 10.1. The average Bonchev–Trinajstić information content (AvgIpc) is 2.37. The summed E-state index contributed by atoms with van der Waals surface area (Å²) in [5.41, 5.74) is -1.77. The zero-order valence-corrected chi connectivity index (χ0v) is 11.4. The molecule has 0 saturated carbocycles. The smallest absolute Gasteiger partial charge is 0.394 e. The molecule has 2 amide bonds. The molecule has 0 bridgehead atoms. The first-order valence-electron chi connectivity index (χ1n) is 5.97. The third-order valence-corrected chi connectivity index (χ3v) is 2.52. The highest BCUT2D eigenvalue weighted by molar-refractivity contribution is 6.39. The number of amides is 2. The van der Waals surface area contributed by atoms with Crippen molar-refractivity contribution in [3.63, 3.8) is 0 Å². The van der Waals surface area contributed by atoms with Crippen LogP contribution < -0.4 is 10.6 Å². The van der Waals surface area contributed by atoms with Gasteiger partial charge in [0.2, 0.25) is 0 Å². The van der Waals surface area contributed by atoms with Gasteiger partial charge in [-0.05, 0) is 38.1 Å². The van der Waals surface area contributed by atoms with Crippen LogP contribution in [0, 0.1) is 0 Å². The van der Waals surface area contributed by atoms with E-state index in [1.165, 1.54) is 13.8 Å². The van der Waals surface area contributed by atoms with Crippen LogP contribution in [-0.2, 0) is 15.8 Å². The Hall–Kier alpha value is -2.09. The fraction of sp³-hybridized carbons (Fsp3) is 0.385. The van der Waals surface area contributed by atoms with Gasteiger partial charge in [0.15, 0.2) is 0 Å². The van der Waals surface area contributed by atoms with E-state index < -0.39 is 29.1 Å². The van der Waals surface area contributed by atoms with E-state index in [4.69, 9.17) is 5.11 Å². The molecule has 8 heteroatoms. The number of alkyl halides is 3. The molecular formula is C13H15F3N2O3.